The molecule has 27 heavy (non-hydrogen) atoms. The molecule has 144 valence electrons. The first-order chi connectivity index (χ1) is 13.2. The lowest BCUT2D eigenvalue weighted by atomic mass is 10.0. The highest BCUT2D eigenvalue weighted by Crippen LogP contribution is 2.17. The molecule has 1 aliphatic heterocycles. The van der Waals surface area contributed by atoms with Gasteiger partial charge in [0.15, 0.2) is 0 Å². The summed E-state index contributed by atoms with van der Waals surface area (Å²) in [5, 5.41) is 2.95. The minimum absolute atomic E-state index is 0.0545. The molecule has 0 radical (unpaired) electrons. The van der Waals surface area contributed by atoms with Gasteiger partial charge in [-0.25, -0.2) is 9.78 Å². The van der Waals surface area contributed by atoms with Crippen LogP contribution in [0.2, 0.25) is 0 Å². The topological polar surface area (TPSA) is 57.7 Å². The summed E-state index contributed by atoms with van der Waals surface area (Å²) in [6.07, 6.45) is 1.99. The number of benzene rings is 1. The SMILES string of the molecule is COc1cccc(CNC(=O)N(C)C2CCN(Cc3ccccc3)CC2)n1. The van der Waals surface area contributed by atoms with Crippen LogP contribution in [0.1, 0.15) is 24.1 Å². The summed E-state index contributed by atoms with van der Waals surface area (Å²) in [6.45, 7) is 3.39. The van der Waals surface area contributed by atoms with Crippen molar-refractivity contribution in [2.24, 2.45) is 0 Å². The number of aromatic nitrogens is 1. The molecule has 0 bridgehead atoms. The van der Waals surface area contributed by atoms with Crippen LogP contribution in [0, 0.1) is 0 Å². The molecule has 0 spiro atoms. The molecular weight excluding hydrogens is 340 g/mol. The smallest absolute Gasteiger partial charge is 0.317 e. The van der Waals surface area contributed by atoms with E-state index in [4.69, 9.17) is 4.74 Å². The zero-order valence-corrected chi connectivity index (χ0v) is 16.1. The minimum atomic E-state index is -0.0545. The molecule has 3 rings (SSSR count). The van der Waals surface area contributed by atoms with E-state index in [-0.39, 0.29) is 12.1 Å². The number of piperidine rings is 1. The summed E-state index contributed by atoms with van der Waals surface area (Å²) >= 11 is 0. The number of likely N-dealkylation sites (tertiary alicyclic amines) is 1. The molecule has 0 saturated carbocycles. The first kappa shape index (κ1) is 19.2. The lowest BCUT2D eigenvalue weighted by molar-refractivity contribution is 0.131. The average Bonchev–Trinajstić information content (AvgIpc) is 2.73. The highest BCUT2D eigenvalue weighted by atomic mass is 16.5. The fraction of sp³-hybridized carbons (Fsp3) is 0.429. The highest BCUT2D eigenvalue weighted by Gasteiger charge is 2.25. The molecule has 6 nitrogen and oxygen atoms in total. The number of rotatable bonds is 6. The Labute approximate surface area is 161 Å². The van der Waals surface area contributed by atoms with Gasteiger partial charge in [-0.2, -0.15) is 0 Å². The monoisotopic (exact) mass is 368 g/mol. The maximum absolute atomic E-state index is 12.5. The van der Waals surface area contributed by atoms with Gasteiger partial charge in [0.2, 0.25) is 5.88 Å². The van der Waals surface area contributed by atoms with Crippen molar-refractivity contribution in [2.45, 2.75) is 32.0 Å². The van der Waals surface area contributed by atoms with Crippen molar-refractivity contribution in [3.63, 3.8) is 0 Å². The number of nitrogens with one attached hydrogen (secondary N) is 1. The first-order valence-electron chi connectivity index (χ1n) is 9.42. The number of hydrogen-bond acceptors (Lipinski definition) is 4. The van der Waals surface area contributed by atoms with Gasteiger partial charge in [0.1, 0.15) is 0 Å². The van der Waals surface area contributed by atoms with Crippen LogP contribution in [0.5, 0.6) is 5.88 Å². The molecule has 2 amide bonds. The molecule has 0 unspecified atom stereocenters. The van der Waals surface area contributed by atoms with Gasteiger partial charge < -0.3 is 15.0 Å². The Hall–Kier alpha value is -2.60. The third kappa shape index (κ3) is 5.44. The zero-order chi connectivity index (χ0) is 19.1. The third-order valence-corrected chi connectivity index (χ3v) is 5.09. The van der Waals surface area contributed by atoms with Crippen LogP contribution in [0.4, 0.5) is 4.79 Å². The first-order valence-corrected chi connectivity index (χ1v) is 9.42. The normalized spacial score (nSPS) is 15.3. The Kier molecular flexibility index (Phi) is 6.65. The van der Waals surface area contributed by atoms with Crippen LogP contribution in [0.3, 0.4) is 0 Å². The summed E-state index contributed by atoms with van der Waals surface area (Å²) < 4.78 is 5.12. The standard InChI is InChI=1S/C21H28N4O2/c1-24(21(26)22-15-18-9-6-10-20(23-18)27-2)19-11-13-25(14-12-19)16-17-7-4-3-5-8-17/h3-10,19H,11-16H2,1-2H3,(H,22,26). The molecular formula is C21H28N4O2. The Balaban J connectivity index is 1.44. The van der Waals surface area contributed by atoms with Gasteiger partial charge in [-0.15, -0.1) is 0 Å². The van der Waals surface area contributed by atoms with Crippen molar-refractivity contribution in [2.75, 3.05) is 27.2 Å². The van der Waals surface area contributed by atoms with Crippen LogP contribution < -0.4 is 10.1 Å². The summed E-state index contributed by atoms with van der Waals surface area (Å²) in [6, 6.07) is 16.3. The summed E-state index contributed by atoms with van der Waals surface area (Å²) in [5.41, 5.74) is 2.13. The Bertz CT molecular complexity index is 730. The number of ether oxygens (including phenoxy) is 1. The van der Waals surface area contributed by atoms with E-state index < -0.39 is 0 Å². The van der Waals surface area contributed by atoms with Crippen LogP contribution in [-0.4, -0.2) is 54.1 Å². The van der Waals surface area contributed by atoms with E-state index in [9.17, 15) is 4.79 Å². The number of amides is 2. The second-order valence-electron chi connectivity index (χ2n) is 6.93. The third-order valence-electron chi connectivity index (χ3n) is 5.09. The van der Waals surface area contributed by atoms with Crippen LogP contribution in [0.15, 0.2) is 48.5 Å². The highest BCUT2D eigenvalue weighted by molar-refractivity contribution is 5.74. The van der Waals surface area contributed by atoms with Crippen LogP contribution in [-0.2, 0) is 13.1 Å². The fourth-order valence-electron chi connectivity index (χ4n) is 3.43. The van der Waals surface area contributed by atoms with E-state index in [2.05, 4.69) is 39.5 Å². The number of nitrogens with zero attached hydrogens (tertiary/aromatic N) is 3. The maximum atomic E-state index is 12.5. The molecule has 1 aromatic carbocycles. The molecule has 1 aromatic heterocycles. The molecule has 0 atom stereocenters. The van der Waals surface area contributed by atoms with Crippen LogP contribution >= 0.6 is 0 Å². The minimum Gasteiger partial charge on any atom is -0.481 e. The van der Waals surface area contributed by atoms with E-state index in [1.165, 1.54) is 5.56 Å². The van der Waals surface area contributed by atoms with Crippen molar-refractivity contribution >= 4 is 6.03 Å². The van der Waals surface area contributed by atoms with E-state index in [1.54, 1.807) is 13.2 Å². The van der Waals surface area contributed by atoms with E-state index in [0.29, 0.717) is 12.4 Å². The molecule has 1 N–H and O–H groups in total. The van der Waals surface area contributed by atoms with Gasteiger partial charge >= 0.3 is 6.03 Å². The van der Waals surface area contributed by atoms with Gasteiger partial charge in [-0.05, 0) is 24.5 Å². The largest absolute Gasteiger partial charge is 0.481 e. The van der Waals surface area contributed by atoms with Crippen LogP contribution in [0.25, 0.3) is 0 Å². The van der Waals surface area contributed by atoms with Gasteiger partial charge in [-0.1, -0.05) is 36.4 Å². The van der Waals surface area contributed by atoms with E-state index in [0.717, 1.165) is 38.2 Å². The number of methoxy groups -OCH3 is 1. The van der Waals surface area contributed by atoms with E-state index >= 15 is 0 Å². The Morgan fingerprint density at radius 3 is 2.63 bits per heavy atom. The van der Waals surface area contributed by atoms with Crippen molar-refractivity contribution in [1.29, 1.82) is 0 Å². The van der Waals surface area contributed by atoms with Crippen molar-refractivity contribution in [3.8, 4) is 5.88 Å². The summed E-state index contributed by atoms with van der Waals surface area (Å²) in [5.74, 6) is 0.556. The predicted octanol–water partition coefficient (Wildman–Crippen LogP) is 2.90. The molecule has 2 aromatic rings. The molecule has 2 heterocycles. The number of hydrogen-bond donors (Lipinski definition) is 1. The maximum Gasteiger partial charge on any atom is 0.317 e. The predicted molar refractivity (Wildman–Crippen MR) is 106 cm³/mol. The fourth-order valence-corrected chi connectivity index (χ4v) is 3.43. The number of carbonyl (C=O) groups is 1. The zero-order valence-electron chi connectivity index (χ0n) is 16.1. The quantitative estimate of drug-likeness (QED) is 0.852. The molecule has 0 aliphatic carbocycles. The summed E-state index contributed by atoms with van der Waals surface area (Å²) in [4.78, 5) is 21.1. The van der Waals surface area contributed by atoms with Crippen molar-refractivity contribution < 1.29 is 9.53 Å². The number of pyridine rings is 1. The molecule has 1 saturated heterocycles. The van der Waals surface area contributed by atoms with Gasteiger partial charge in [-0.3, -0.25) is 4.90 Å². The lowest BCUT2D eigenvalue weighted by Crippen LogP contribution is -2.48. The second-order valence-corrected chi connectivity index (χ2v) is 6.93. The van der Waals surface area contributed by atoms with Crippen molar-refractivity contribution in [1.82, 2.24) is 20.1 Å². The number of carbonyl (C=O) groups excluding carboxylic acids is 1. The number of urea groups is 1. The molecule has 6 heteroatoms. The second kappa shape index (κ2) is 9.37. The Morgan fingerprint density at radius 1 is 1.19 bits per heavy atom. The summed E-state index contributed by atoms with van der Waals surface area (Å²) in [7, 11) is 3.47. The van der Waals surface area contributed by atoms with Gasteiger partial charge in [0, 0.05) is 38.8 Å². The average molecular weight is 368 g/mol. The molecule has 1 aliphatic rings. The van der Waals surface area contributed by atoms with Gasteiger partial charge in [0.05, 0.1) is 19.3 Å². The van der Waals surface area contributed by atoms with Gasteiger partial charge in [0.25, 0.3) is 0 Å². The Morgan fingerprint density at radius 2 is 1.93 bits per heavy atom. The van der Waals surface area contributed by atoms with E-state index in [1.807, 2.05) is 30.1 Å². The lowest BCUT2D eigenvalue weighted by Gasteiger charge is -2.36. The molecule has 1 fully saturated rings. The van der Waals surface area contributed by atoms with Crippen molar-refractivity contribution in [3.05, 3.63) is 59.8 Å².